The zero-order chi connectivity index (χ0) is 35.3. The van der Waals surface area contributed by atoms with E-state index >= 15 is 0 Å². The van der Waals surface area contributed by atoms with Gasteiger partial charge in [0.25, 0.3) is 0 Å². The first-order valence-corrected chi connectivity index (χ1v) is 18.5. The van der Waals surface area contributed by atoms with Crippen LogP contribution in [0.3, 0.4) is 0 Å². The van der Waals surface area contributed by atoms with Crippen molar-refractivity contribution in [2.45, 2.75) is 0 Å². The molecule has 0 N–H and O–H groups in total. The highest BCUT2D eigenvalue weighted by Gasteiger charge is 2.21. The third-order valence-corrected chi connectivity index (χ3v) is 11.5. The van der Waals surface area contributed by atoms with Crippen molar-refractivity contribution in [3.8, 4) is 33.4 Å². The van der Waals surface area contributed by atoms with Crippen molar-refractivity contribution >= 4 is 87.0 Å². The van der Waals surface area contributed by atoms with Gasteiger partial charge in [0.05, 0.1) is 5.39 Å². The van der Waals surface area contributed by atoms with Crippen molar-refractivity contribution in [1.82, 2.24) is 0 Å². The zero-order valence-corrected chi connectivity index (χ0v) is 29.1. The van der Waals surface area contributed by atoms with Crippen LogP contribution in [0.5, 0.6) is 0 Å². The van der Waals surface area contributed by atoms with Crippen LogP contribution in [-0.4, -0.2) is 0 Å². The molecule has 0 aliphatic heterocycles. The Kier molecular flexibility index (Phi) is 6.09. The monoisotopic (exact) mass is 686 g/mol. The smallest absolute Gasteiger partial charge is 0.147 e. The summed E-state index contributed by atoms with van der Waals surface area (Å²) in [7, 11) is 0. The van der Waals surface area contributed by atoms with E-state index in [-0.39, 0.29) is 0 Å². The molecule has 10 aromatic carbocycles. The zero-order valence-electron chi connectivity index (χ0n) is 29.1. The van der Waals surface area contributed by atoms with Gasteiger partial charge >= 0.3 is 0 Å². The van der Waals surface area contributed by atoms with Crippen LogP contribution in [0.1, 0.15) is 0 Å². The van der Waals surface area contributed by atoms with E-state index in [4.69, 9.17) is 8.83 Å². The topological polar surface area (TPSA) is 26.3 Å². The predicted molar refractivity (Wildman–Crippen MR) is 227 cm³/mol. The lowest BCUT2D eigenvalue weighted by Crippen LogP contribution is -1.92. The van der Waals surface area contributed by atoms with E-state index in [1.807, 2.05) is 0 Å². The Balaban J connectivity index is 1.07. The fourth-order valence-corrected chi connectivity index (χ4v) is 9.09. The molecular formula is C52H30O2. The third-order valence-electron chi connectivity index (χ3n) is 11.5. The van der Waals surface area contributed by atoms with E-state index in [0.29, 0.717) is 0 Å². The van der Waals surface area contributed by atoms with E-state index in [0.717, 1.165) is 54.8 Å². The van der Waals surface area contributed by atoms with Gasteiger partial charge in [0.15, 0.2) is 0 Å². The molecule has 0 aliphatic carbocycles. The summed E-state index contributed by atoms with van der Waals surface area (Å²) in [5.41, 5.74) is 10.8. The highest BCUT2D eigenvalue weighted by molar-refractivity contribution is 6.26. The van der Waals surface area contributed by atoms with Crippen LogP contribution in [0.15, 0.2) is 191 Å². The molecule has 2 heteroatoms. The molecule has 12 aromatic rings. The van der Waals surface area contributed by atoms with Gasteiger partial charge in [-0.3, -0.25) is 0 Å². The molecular weight excluding hydrogens is 657 g/mol. The highest BCUT2D eigenvalue weighted by Crippen LogP contribution is 2.47. The second-order valence-corrected chi connectivity index (χ2v) is 14.3. The van der Waals surface area contributed by atoms with Gasteiger partial charge in [-0.2, -0.15) is 0 Å². The Morgan fingerprint density at radius 2 is 0.833 bits per heavy atom. The molecule has 0 bridgehead atoms. The first kappa shape index (κ1) is 29.4. The second-order valence-electron chi connectivity index (χ2n) is 14.3. The van der Waals surface area contributed by atoms with Gasteiger partial charge in [-0.05, 0) is 101 Å². The lowest BCUT2D eigenvalue weighted by molar-refractivity contribution is 0.664. The van der Waals surface area contributed by atoms with Gasteiger partial charge < -0.3 is 8.83 Å². The first-order valence-electron chi connectivity index (χ1n) is 18.5. The molecule has 0 amide bonds. The summed E-state index contributed by atoms with van der Waals surface area (Å²) in [5, 5.41) is 14.0. The summed E-state index contributed by atoms with van der Waals surface area (Å²) < 4.78 is 13.3. The van der Waals surface area contributed by atoms with Gasteiger partial charge in [-0.25, -0.2) is 0 Å². The minimum Gasteiger partial charge on any atom is -0.456 e. The maximum Gasteiger partial charge on any atom is 0.147 e. The summed E-state index contributed by atoms with van der Waals surface area (Å²) in [6, 6.07) is 65.6. The first-order chi connectivity index (χ1) is 26.8. The van der Waals surface area contributed by atoms with Crippen LogP contribution >= 0.6 is 0 Å². The van der Waals surface area contributed by atoms with Gasteiger partial charge in [-0.1, -0.05) is 152 Å². The van der Waals surface area contributed by atoms with Crippen LogP contribution in [0.4, 0.5) is 0 Å². The minimum absolute atomic E-state index is 0.830. The average Bonchev–Trinajstić information content (AvgIpc) is 3.81. The van der Waals surface area contributed by atoms with E-state index < -0.39 is 0 Å². The van der Waals surface area contributed by atoms with E-state index in [1.165, 1.54) is 65.5 Å². The molecule has 0 saturated heterocycles. The summed E-state index contributed by atoms with van der Waals surface area (Å²) >= 11 is 0. The maximum absolute atomic E-state index is 6.71. The Morgan fingerprint density at radius 1 is 0.278 bits per heavy atom. The predicted octanol–water partition coefficient (Wildman–Crippen LogP) is 15.1. The van der Waals surface area contributed by atoms with E-state index in [1.54, 1.807) is 0 Å². The molecule has 2 nitrogen and oxygen atoms in total. The molecule has 0 aliphatic rings. The second kappa shape index (κ2) is 11.2. The molecule has 0 radical (unpaired) electrons. The fourth-order valence-electron chi connectivity index (χ4n) is 9.09. The van der Waals surface area contributed by atoms with Crippen molar-refractivity contribution in [3.63, 3.8) is 0 Å². The molecule has 0 spiro atoms. The third kappa shape index (κ3) is 4.11. The SMILES string of the molecule is c1ccc(-c2c3ccccc3c(-c3ccc(-c4ccc5c(c4)oc4ccc6c7ccc8ccccc8c7oc6c45)c4ccccc34)c3ccccc23)cc1. The van der Waals surface area contributed by atoms with Crippen molar-refractivity contribution in [2.24, 2.45) is 0 Å². The number of benzene rings is 10. The van der Waals surface area contributed by atoms with Crippen molar-refractivity contribution < 1.29 is 8.83 Å². The molecule has 0 saturated carbocycles. The average molecular weight is 687 g/mol. The van der Waals surface area contributed by atoms with Crippen LogP contribution in [0.2, 0.25) is 0 Å². The Hall–Kier alpha value is -7.16. The summed E-state index contributed by atoms with van der Waals surface area (Å²) in [6.07, 6.45) is 0. The Labute approximate surface area is 310 Å². The number of hydrogen-bond acceptors (Lipinski definition) is 2. The van der Waals surface area contributed by atoms with E-state index in [2.05, 4.69) is 182 Å². The van der Waals surface area contributed by atoms with Gasteiger partial charge in [0, 0.05) is 21.5 Å². The lowest BCUT2D eigenvalue weighted by Gasteiger charge is -2.19. The van der Waals surface area contributed by atoms with Crippen LogP contribution in [-0.2, 0) is 0 Å². The summed E-state index contributed by atoms with van der Waals surface area (Å²) in [4.78, 5) is 0. The largest absolute Gasteiger partial charge is 0.456 e. The lowest BCUT2D eigenvalue weighted by atomic mass is 9.84. The number of hydrogen-bond donors (Lipinski definition) is 0. The summed E-state index contributed by atoms with van der Waals surface area (Å²) in [6.45, 7) is 0. The number of rotatable bonds is 3. The van der Waals surface area contributed by atoms with Crippen molar-refractivity contribution in [1.29, 1.82) is 0 Å². The normalized spacial score (nSPS) is 12.1. The van der Waals surface area contributed by atoms with Crippen LogP contribution < -0.4 is 0 Å². The molecule has 0 fully saturated rings. The molecule has 0 atom stereocenters. The standard InChI is InChI=1S/C52H30O2/c1-2-13-32(14-3-1)48-38-18-8-10-20-40(38)49(41-21-11-9-19-39(41)48)42-27-26-34(36-16-6-7-17-37(36)42)33-23-25-45-47(30-33)53-46-29-28-44-43-24-22-31-12-4-5-15-35(31)51(43)54-52(44)50(45)46/h1-30H. The van der Waals surface area contributed by atoms with Gasteiger partial charge in [0.1, 0.15) is 22.3 Å². The number of furan rings is 2. The van der Waals surface area contributed by atoms with Crippen LogP contribution in [0.25, 0.3) is 120 Å². The highest BCUT2D eigenvalue weighted by atomic mass is 16.3. The molecule has 54 heavy (non-hydrogen) atoms. The summed E-state index contributed by atoms with van der Waals surface area (Å²) in [5.74, 6) is 0. The van der Waals surface area contributed by atoms with Gasteiger partial charge in [0.2, 0.25) is 0 Å². The van der Waals surface area contributed by atoms with Crippen molar-refractivity contribution in [2.75, 3.05) is 0 Å². The Bertz CT molecular complexity index is 3430. The molecule has 2 heterocycles. The molecule has 0 unspecified atom stereocenters. The van der Waals surface area contributed by atoms with Crippen molar-refractivity contribution in [3.05, 3.63) is 182 Å². The number of fused-ring (bicyclic) bond motifs is 12. The Morgan fingerprint density at radius 3 is 1.57 bits per heavy atom. The fraction of sp³-hybridized carbons (Fsp3) is 0. The maximum atomic E-state index is 6.71. The quantitative estimate of drug-likeness (QED) is 0.173. The molecule has 2 aromatic heterocycles. The molecule has 250 valence electrons. The van der Waals surface area contributed by atoms with E-state index in [9.17, 15) is 0 Å². The molecule has 12 rings (SSSR count). The minimum atomic E-state index is 0.830. The van der Waals surface area contributed by atoms with Gasteiger partial charge in [-0.15, -0.1) is 0 Å². The van der Waals surface area contributed by atoms with Crippen LogP contribution in [0, 0.1) is 0 Å².